The van der Waals surface area contributed by atoms with Gasteiger partial charge in [0.05, 0.1) is 13.2 Å². The van der Waals surface area contributed by atoms with E-state index < -0.39 is 0 Å². The monoisotopic (exact) mass is 283 g/mol. The lowest BCUT2D eigenvalue weighted by atomic mass is 9.79. The van der Waals surface area contributed by atoms with Gasteiger partial charge < -0.3 is 20.3 Å². The Kier molecular flexibility index (Phi) is 5.37. The molecule has 0 atom stereocenters. The first-order chi connectivity index (χ1) is 9.65. The van der Waals surface area contributed by atoms with Crippen LogP contribution in [0.15, 0.2) is 0 Å². The number of methoxy groups -OCH3 is 1. The SMILES string of the molecule is COCC1(CNC(=O)CN2CCCC2=O)CCNCC1. The third-order valence-corrected chi connectivity index (χ3v) is 4.28. The van der Waals surface area contributed by atoms with E-state index in [2.05, 4.69) is 10.6 Å². The molecule has 2 amide bonds. The molecule has 0 aliphatic carbocycles. The smallest absolute Gasteiger partial charge is 0.239 e. The molecule has 0 spiro atoms. The molecular weight excluding hydrogens is 258 g/mol. The molecule has 2 heterocycles. The van der Waals surface area contributed by atoms with E-state index in [1.54, 1.807) is 12.0 Å². The Labute approximate surface area is 120 Å². The molecule has 2 N–H and O–H groups in total. The Morgan fingerprint density at radius 1 is 1.45 bits per heavy atom. The van der Waals surface area contributed by atoms with Crippen LogP contribution in [0.3, 0.4) is 0 Å². The van der Waals surface area contributed by atoms with Crippen LogP contribution in [0.2, 0.25) is 0 Å². The second-order valence-corrected chi connectivity index (χ2v) is 5.88. The van der Waals surface area contributed by atoms with Gasteiger partial charge in [0, 0.05) is 32.0 Å². The number of piperidine rings is 1. The fourth-order valence-electron chi connectivity index (χ4n) is 3.02. The Morgan fingerprint density at radius 3 is 2.80 bits per heavy atom. The third-order valence-electron chi connectivity index (χ3n) is 4.28. The lowest BCUT2D eigenvalue weighted by Crippen LogP contribution is -2.48. The Balaban J connectivity index is 1.79. The summed E-state index contributed by atoms with van der Waals surface area (Å²) in [5, 5.41) is 6.31. The fraction of sp³-hybridized carbons (Fsp3) is 0.857. The van der Waals surface area contributed by atoms with Crippen molar-refractivity contribution < 1.29 is 14.3 Å². The summed E-state index contributed by atoms with van der Waals surface area (Å²) in [6.07, 6.45) is 3.45. The van der Waals surface area contributed by atoms with Gasteiger partial charge in [0.15, 0.2) is 0 Å². The number of hydrogen-bond donors (Lipinski definition) is 2. The van der Waals surface area contributed by atoms with E-state index in [1.165, 1.54) is 0 Å². The number of nitrogens with zero attached hydrogens (tertiary/aromatic N) is 1. The van der Waals surface area contributed by atoms with Gasteiger partial charge in [-0.15, -0.1) is 0 Å². The molecule has 114 valence electrons. The van der Waals surface area contributed by atoms with E-state index in [1.807, 2.05) is 0 Å². The van der Waals surface area contributed by atoms with Crippen LogP contribution in [0.5, 0.6) is 0 Å². The minimum Gasteiger partial charge on any atom is -0.384 e. The van der Waals surface area contributed by atoms with E-state index in [9.17, 15) is 9.59 Å². The van der Waals surface area contributed by atoms with Gasteiger partial charge in [0.1, 0.15) is 0 Å². The van der Waals surface area contributed by atoms with Gasteiger partial charge in [-0.05, 0) is 32.4 Å². The van der Waals surface area contributed by atoms with E-state index in [-0.39, 0.29) is 23.8 Å². The van der Waals surface area contributed by atoms with Crippen molar-refractivity contribution in [1.29, 1.82) is 0 Å². The molecule has 0 saturated carbocycles. The highest BCUT2D eigenvalue weighted by molar-refractivity contribution is 5.85. The molecule has 2 aliphatic rings. The maximum Gasteiger partial charge on any atom is 0.239 e. The van der Waals surface area contributed by atoms with E-state index >= 15 is 0 Å². The van der Waals surface area contributed by atoms with Crippen LogP contribution in [0.4, 0.5) is 0 Å². The fourth-order valence-corrected chi connectivity index (χ4v) is 3.02. The summed E-state index contributed by atoms with van der Waals surface area (Å²) in [6.45, 7) is 4.12. The van der Waals surface area contributed by atoms with Crippen LogP contribution in [0.1, 0.15) is 25.7 Å². The molecule has 2 fully saturated rings. The predicted molar refractivity (Wildman–Crippen MR) is 75.2 cm³/mol. The summed E-state index contributed by atoms with van der Waals surface area (Å²) >= 11 is 0. The number of ether oxygens (including phenoxy) is 1. The van der Waals surface area contributed by atoms with Crippen molar-refractivity contribution in [3.05, 3.63) is 0 Å². The third kappa shape index (κ3) is 3.93. The van der Waals surface area contributed by atoms with Crippen LogP contribution < -0.4 is 10.6 Å². The molecule has 6 nitrogen and oxygen atoms in total. The summed E-state index contributed by atoms with van der Waals surface area (Å²) in [4.78, 5) is 25.1. The van der Waals surface area contributed by atoms with E-state index in [0.717, 1.165) is 32.4 Å². The van der Waals surface area contributed by atoms with E-state index in [0.29, 0.717) is 26.1 Å². The number of carbonyl (C=O) groups excluding carboxylic acids is 2. The number of rotatable bonds is 6. The van der Waals surface area contributed by atoms with Gasteiger partial charge in [0.2, 0.25) is 11.8 Å². The van der Waals surface area contributed by atoms with Gasteiger partial charge in [-0.3, -0.25) is 9.59 Å². The first-order valence-electron chi connectivity index (χ1n) is 7.39. The zero-order chi connectivity index (χ0) is 14.4. The first kappa shape index (κ1) is 15.3. The molecule has 2 saturated heterocycles. The van der Waals surface area contributed by atoms with Crippen molar-refractivity contribution in [2.45, 2.75) is 25.7 Å². The molecule has 0 aromatic carbocycles. The summed E-state index contributed by atoms with van der Waals surface area (Å²) in [5.74, 6) is 0.0304. The minimum atomic E-state index is -0.0609. The van der Waals surface area contributed by atoms with E-state index in [4.69, 9.17) is 4.74 Å². The van der Waals surface area contributed by atoms with Crippen molar-refractivity contribution in [1.82, 2.24) is 15.5 Å². The number of likely N-dealkylation sites (tertiary alicyclic amines) is 1. The largest absolute Gasteiger partial charge is 0.384 e. The molecular formula is C14H25N3O3. The molecule has 2 aliphatic heterocycles. The van der Waals surface area contributed by atoms with Crippen LogP contribution in [0, 0.1) is 5.41 Å². The molecule has 0 aromatic rings. The maximum atomic E-state index is 12.0. The standard InChI is InChI=1S/C14H25N3O3/c1-20-11-14(4-6-15-7-5-14)10-16-12(18)9-17-8-2-3-13(17)19/h15H,2-11H2,1H3,(H,16,18). The molecule has 6 heteroatoms. The summed E-state index contributed by atoms with van der Waals surface area (Å²) < 4.78 is 5.32. The van der Waals surface area contributed by atoms with Crippen molar-refractivity contribution in [2.24, 2.45) is 5.41 Å². The lowest BCUT2D eigenvalue weighted by Gasteiger charge is -2.37. The highest BCUT2D eigenvalue weighted by Crippen LogP contribution is 2.28. The molecule has 0 bridgehead atoms. The van der Waals surface area contributed by atoms with Crippen LogP contribution in [-0.2, 0) is 14.3 Å². The maximum absolute atomic E-state index is 12.0. The van der Waals surface area contributed by atoms with Gasteiger partial charge in [-0.1, -0.05) is 0 Å². The molecule has 0 aromatic heterocycles. The van der Waals surface area contributed by atoms with Gasteiger partial charge in [0.25, 0.3) is 0 Å². The Morgan fingerprint density at radius 2 is 2.20 bits per heavy atom. The number of nitrogens with one attached hydrogen (secondary N) is 2. The van der Waals surface area contributed by atoms with Crippen molar-refractivity contribution in [3.8, 4) is 0 Å². The quantitative estimate of drug-likeness (QED) is 0.705. The topological polar surface area (TPSA) is 70.7 Å². The van der Waals surface area contributed by atoms with Crippen LogP contribution in [0.25, 0.3) is 0 Å². The van der Waals surface area contributed by atoms with Gasteiger partial charge in [-0.2, -0.15) is 0 Å². The van der Waals surface area contributed by atoms with Gasteiger partial charge in [-0.25, -0.2) is 0 Å². The van der Waals surface area contributed by atoms with Crippen molar-refractivity contribution in [3.63, 3.8) is 0 Å². The molecule has 2 rings (SSSR count). The van der Waals surface area contributed by atoms with Gasteiger partial charge >= 0.3 is 0 Å². The second-order valence-electron chi connectivity index (χ2n) is 5.88. The summed E-state index contributed by atoms with van der Waals surface area (Å²) in [6, 6.07) is 0. The lowest BCUT2D eigenvalue weighted by molar-refractivity contribution is -0.133. The summed E-state index contributed by atoms with van der Waals surface area (Å²) in [5.41, 5.74) is 0.0324. The van der Waals surface area contributed by atoms with Crippen LogP contribution >= 0.6 is 0 Å². The van der Waals surface area contributed by atoms with Crippen molar-refractivity contribution in [2.75, 3.05) is 46.4 Å². The highest BCUT2D eigenvalue weighted by Gasteiger charge is 2.33. The second kappa shape index (κ2) is 7.04. The number of carbonyl (C=O) groups is 2. The number of hydrogen-bond acceptors (Lipinski definition) is 4. The summed E-state index contributed by atoms with van der Waals surface area (Å²) in [7, 11) is 1.70. The number of amides is 2. The zero-order valence-corrected chi connectivity index (χ0v) is 12.2. The Bertz CT molecular complexity index is 348. The predicted octanol–water partition coefficient (Wildman–Crippen LogP) is -0.259. The first-order valence-corrected chi connectivity index (χ1v) is 7.39. The normalized spacial score (nSPS) is 22.1. The molecule has 0 radical (unpaired) electrons. The zero-order valence-electron chi connectivity index (χ0n) is 12.2. The minimum absolute atomic E-state index is 0.0324. The molecule has 0 unspecified atom stereocenters. The average molecular weight is 283 g/mol. The average Bonchev–Trinajstić information content (AvgIpc) is 2.84. The highest BCUT2D eigenvalue weighted by atomic mass is 16.5. The van der Waals surface area contributed by atoms with Crippen molar-refractivity contribution >= 4 is 11.8 Å². The van der Waals surface area contributed by atoms with Crippen LogP contribution in [-0.4, -0.2) is 63.2 Å². The Hall–Kier alpha value is -1.14. The molecule has 20 heavy (non-hydrogen) atoms.